The quantitative estimate of drug-likeness (QED) is 0.524. The molecule has 0 fully saturated rings. The van der Waals surface area contributed by atoms with Crippen LogP contribution in [0.4, 0.5) is 0 Å². The van der Waals surface area contributed by atoms with Crippen LogP contribution < -0.4 is 0 Å². The number of aliphatic hydroxyl groups is 1. The maximum absolute atomic E-state index is 11.1. The van der Waals surface area contributed by atoms with Gasteiger partial charge in [-0.3, -0.25) is 0 Å². The van der Waals surface area contributed by atoms with Gasteiger partial charge in [0.25, 0.3) is 0 Å². The lowest BCUT2D eigenvalue weighted by Crippen LogP contribution is -2.18. The van der Waals surface area contributed by atoms with Crippen LogP contribution in [-0.4, -0.2) is 23.8 Å². The smallest absolute Gasteiger partial charge is 0.333 e. The molecule has 0 rings (SSSR count). The second-order valence-corrected chi connectivity index (χ2v) is 3.01. The number of allylic oxidation sites excluding steroid dienone is 1. The van der Waals surface area contributed by atoms with Gasteiger partial charge in [0.2, 0.25) is 0 Å². The van der Waals surface area contributed by atoms with Gasteiger partial charge in [0.1, 0.15) is 6.61 Å². The highest BCUT2D eigenvalue weighted by atomic mass is 16.5. The van der Waals surface area contributed by atoms with Crippen molar-refractivity contribution >= 4 is 5.97 Å². The van der Waals surface area contributed by atoms with Gasteiger partial charge in [-0.05, 0) is 20.3 Å². The predicted octanol–water partition coefficient (Wildman–Crippen LogP) is 1.66. The molecular weight excluding hydrogens is 168 g/mol. The average Bonchev–Trinajstić information content (AvgIpc) is 2.13. The van der Waals surface area contributed by atoms with E-state index in [1.165, 1.54) is 0 Å². The number of carbonyl (C=O) groups is 1. The maximum atomic E-state index is 11.1. The summed E-state index contributed by atoms with van der Waals surface area (Å²) >= 11 is 0. The van der Waals surface area contributed by atoms with Crippen LogP contribution in [0, 0.1) is 0 Å². The minimum absolute atomic E-state index is 0.0951. The molecule has 0 radical (unpaired) electrons. The zero-order valence-electron chi connectivity index (χ0n) is 8.54. The lowest BCUT2D eigenvalue weighted by atomic mass is 10.2. The Hall–Kier alpha value is -0.830. The van der Waals surface area contributed by atoms with Crippen molar-refractivity contribution in [1.82, 2.24) is 0 Å². The zero-order chi connectivity index (χ0) is 10.3. The van der Waals surface area contributed by atoms with E-state index < -0.39 is 6.10 Å². The molecule has 0 heterocycles. The third-order valence-electron chi connectivity index (χ3n) is 1.78. The molecule has 13 heavy (non-hydrogen) atoms. The minimum Gasteiger partial charge on any atom is -0.460 e. The van der Waals surface area contributed by atoms with E-state index in [-0.39, 0.29) is 12.6 Å². The van der Waals surface area contributed by atoms with Crippen molar-refractivity contribution in [3.8, 4) is 0 Å². The summed E-state index contributed by atoms with van der Waals surface area (Å²) in [7, 11) is 0. The summed E-state index contributed by atoms with van der Waals surface area (Å²) in [6.45, 7) is 5.54. The van der Waals surface area contributed by atoms with Gasteiger partial charge in [-0.1, -0.05) is 19.4 Å². The molecule has 0 aromatic rings. The van der Waals surface area contributed by atoms with E-state index in [0.29, 0.717) is 12.0 Å². The molecule has 0 aliphatic heterocycles. The van der Waals surface area contributed by atoms with Gasteiger partial charge in [0.05, 0.1) is 6.10 Å². The van der Waals surface area contributed by atoms with Crippen LogP contribution in [0.3, 0.4) is 0 Å². The molecule has 1 unspecified atom stereocenters. The van der Waals surface area contributed by atoms with Crippen LogP contribution in [0.25, 0.3) is 0 Å². The monoisotopic (exact) mass is 186 g/mol. The van der Waals surface area contributed by atoms with Crippen molar-refractivity contribution in [1.29, 1.82) is 0 Å². The first kappa shape index (κ1) is 12.2. The molecule has 3 nitrogen and oxygen atoms in total. The highest BCUT2D eigenvalue weighted by Gasteiger charge is 2.08. The van der Waals surface area contributed by atoms with Crippen LogP contribution in [0.2, 0.25) is 0 Å². The number of esters is 1. The lowest BCUT2D eigenvalue weighted by Gasteiger charge is -2.09. The number of hydrogen-bond acceptors (Lipinski definition) is 3. The molecule has 0 aromatic carbocycles. The van der Waals surface area contributed by atoms with E-state index in [1.54, 1.807) is 19.9 Å². The number of rotatable bonds is 5. The number of carbonyl (C=O) groups excluding carboxylic acids is 1. The van der Waals surface area contributed by atoms with Gasteiger partial charge in [-0.25, -0.2) is 4.79 Å². The van der Waals surface area contributed by atoms with Crippen molar-refractivity contribution in [2.75, 3.05) is 6.61 Å². The van der Waals surface area contributed by atoms with Crippen LogP contribution >= 0.6 is 0 Å². The Morgan fingerprint density at radius 3 is 2.69 bits per heavy atom. The highest BCUT2D eigenvalue weighted by molar-refractivity contribution is 5.87. The van der Waals surface area contributed by atoms with E-state index in [1.807, 2.05) is 6.92 Å². The van der Waals surface area contributed by atoms with Crippen molar-refractivity contribution in [3.05, 3.63) is 11.6 Å². The number of ether oxygens (including phenoxy) is 1. The molecule has 0 spiro atoms. The fourth-order valence-corrected chi connectivity index (χ4v) is 0.820. The molecule has 0 aliphatic carbocycles. The molecular formula is C10H18O3. The molecule has 0 bridgehead atoms. The molecule has 76 valence electrons. The SMILES string of the molecule is CC=C(C)C(=O)OCC(O)CCC. The topological polar surface area (TPSA) is 46.5 Å². The summed E-state index contributed by atoms with van der Waals surface area (Å²) in [4.78, 5) is 11.1. The fraction of sp³-hybridized carbons (Fsp3) is 0.700. The third kappa shape index (κ3) is 5.42. The highest BCUT2D eigenvalue weighted by Crippen LogP contribution is 2.00. The summed E-state index contributed by atoms with van der Waals surface area (Å²) in [6.07, 6.45) is 2.72. The molecule has 3 heteroatoms. The molecule has 1 N–H and O–H groups in total. The summed E-state index contributed by atoms with van der Waals surface area (Å²) in [6, 6.07) is 0. The average molecular weight is 186 g/mol. The van der Waals surface area contributed by atoms with Gasteiger partial charge < -0.3 is 9.84 Å². The van der Waals surface area contributed by atoms with Crippen LogP contribution in [0.1, 0.15) is 33.6 Å². The van der Waals surface area contributed by atoms with Crippen LogP contribution in [0.5, 0.6) is 0 Å². The third-order valence-corrected chi connectivity index (χ3v) is 1.78. The minimum atomic E-state index is -0.529. The molecule has 0 aliphatic rings. The van der Waals surface area contributed by atoms with E-state index in [9.17, 15) is 9.90 Å². The molecule has 0 amide bonds. The van der Waals surface area contributed by atoms with Gasteiger partial charge >= 0.3 is 5.97 Å². The Morgan fingerprint density at radius 1 is 1.62 bits per heavy atom. The summed E-state index contributed by atoms with van der Waals surface area (Å²) in [5, 5.41) is 9.26. The van der Waals surface area contributed by atoms with E-state index in [4.69, 9.17) is 4.74 Å². The molecule has 0 saturated carbocycles. The Labute approximate surface area is 79.4 Å². The number of aliphatic hydroxyl groups excluding tert-OH is 1. The summed E-state index contributed by atoms with van der Waals surface area (Å²) in [5.74, 6) is -0.349. The Morgan fingerprint density at radius 2 is 2.23 bits per heavy atom. The largest absolute Gasteiger partial charge is 0.460 e. The standard InChI is InChI=1S/C10H18O3/c1-4-6-9(11)7-13-10(12)8(3)5-2/h5,9,11H,4,6-7H2,1-3H3. The van der Waals surface area contributed by atoms with Crippen molar-refractivity contribution in [2.24, 2.45) is 0 Å². The van der Waals surface area contributed by atoms with Gasteiger partial charge in [0.15, 0.2) is 0 Å². The van der Waals surface area contributed by atoms with Crippen molar-refractivity contribution in [2.45, 2.75) is 39.7 Å². The summed E-state index contributed by atoms with van der Waals surface area (Å²) in [5.41, 5.74) is 0.573. The van der Waals surface area contributed by atoms with Gasteiger partial charge in [-0.15, -0.1) is 0 Å². The Bertz CT molecular complexity index is 185. The Kier molecular flexibility index (Phi) is 6.24. The fourth-order valence-electron chi connectivity index (χ4n) is 0.820. The normalized spacial score (nSPS) is 14.0. The summed E-state index contributed by atoms with van der Waals surface area (Å²) < 4.78 is 4.85. The van der Waals surface area contributed by atoms with E-state index >= 15 is 0 Å². The van der Waals surface area contributed by atoms with Crippen LogP contribution in [-0.2, 0) is 9.53 Å². The lowest BCUT2D eigenvalue weighted by molar-refractivity contribution is -0.142. The first-order valence-corrected chi connectivity index (χ1v) is 4.59. The van der Waals surface area contributed by atoms with Crippen molar-refractivity contribution < 1.29 is 14.6 Å². The van der Waals surface area contributed by atoms with Crippen LogP contribution in [0.15, 0.2) is 11.6 Å². The predicted molar refractivity (Wildman–Crippen MR) is 51.3 cm³/mol. The first-order valence-electron chi connectivity index (χ1n) is 4.59. The Balaban J connectivity index is 3.70. The van der Waals surface area contributed by atoms with E-state index in [2.05, 4.69) is 0 Å². The first-order chi connectivity index (χ1) is 6.11. The zero-order valence-corrected chi connectivity index (χ0v) is 8.54. The van der Waals surface area contributed by atoms with Gasteiger partial charge in [-0.2, -0.15) is 0 Å². The van der Waals surface area contributed by atoms with Gasteiger partial charge in [0, 0.05) is 5.57 Å². The number of hydrogen-bond donors (Lipinski definition) is 1. The molecule has 1 atom stereocenters. The second kappa shape index (κ2) is 6.66. The second-order valence-electron chi connectivity index (χ2n) is 3.01. The molecule has 0 saturated heterocycles. The van der Waals surface area contributed by atoms with Crippen molar-refractivity contribution in [3.63, 3.8) is 0 Å². The van der Waals surface area contributed by atoms with E-state index in [0.717, 1.165) is 6.42 Å². The molecule has 0 aromatic heterocycles. The maximum Gasteiger partial charge on any atom is 0.333 e.